The summed E-state index contributed by atoms with van der Waals surface area (Å²) in [5.74, 6) is -0.837. The highest BCUT2D eigenvalue weighted by Gasteiger charge is 2.37. The second-order valence-corrected chi connectivity index (χ2v) is 6.77. The topological polar surface area (TPSA) is 95.9 Å². The molecule has 21 heavy (non-hydrogen) atoms. The molecule has 0 aliphatic carbocycles. The fourth-order valence-corrected chi connectivity index (χ4v) is 4.06. The maximum Gasteiger partial charge on any atom is 0.323 e. The van der Waals surface area contributed by atoms with Gasteiger partial charge in [0, 0.05) is 19.6 Å². The predicted octanol–water partition coefficient (Wildman–Crippen LogP) is 0.396. The van der Waals surface area contributed by atoms with Crippen molar-refractivity contribution in [1.82, 2.24) is 9.62 Å². The summed E-state index contributed by atoms with van der Waals surface area (Å²) in [5.41, 5.74) is 0. The molecule has 1 aliphatic rings. The highest BCUT2D eigenvalue weighted by atomic mass is 35.5. The quantitative estimate of drug-likeness (QED) is 0.827. The molecule has 0 saturated carbocycles. The molecule has 0 spiro atoms. The van der Waals surface area contributed by atoms with Crippen LogP contribution >= 0.6 is 11.6 Å². The minimum absolute atomic E-state index is 0.0542. The van der Waals surface area contributed by atoms with Gasteiger partial charge < -0.3 is 15.2 Å². The number of sulfonamides is 1. The van der Waals surface area contributed by atoms with E-state index in [1.54, 1.807) is 0 Å². The Morgan fingerprint density at radius 2 is 2.24 bits per heavy atom. The first-order valence-corrected chi connectivity index (χ1v) is 7.98. The monoisotopic (exact) mass is 334 g/mol. The van der Waals surface area contributed by atoms with E-state index >= 15 is 0 Å². The van der Waals surface area contributed by atoms with Gasteiger partial charge in [0.1, 0.15) is 11.8 Å². The number of piperazine rings is 1. The van der Waals surface area contributed by atoms with Gasteiger partial charge in [-0.2, -0.15) is 4.31 Å². The van der Waals surface area contributed by atoms with Gasteiger partial charge in [0.2, 0.25) is 10.0 Å². The fraction of sp³-hybridized carbons (Fsp3) is 0.417. The number of nitrogens with one attached hydrogen (secondary N) is 1. The number of halogens is 1. The molecule has 1 aromatic rings. The number of carbonyl (C=O) groups is 1. The van der Waals surface area contributed by atoms with E-state index < -0.39 is 22.0 Å². The van der Waals surface area contributed by atoms with Crippen LogP contribution in [0.2, 0.25) is 5.02 Å². The summed E-state index contributed by atoms with van der Waals surface area (Å²) in [5, 5.41) is 12.2. The van der Waals surface area contributed by atoms with E-state index in [1.165, 1.54) is 25.3 Å². The molecule has 0 aromatic heterocycles. The summed E-state index contributed by atoms with van der Waals surface area (Å²) in [6.45, 7) is 0.550. The molecule has 1 heterocycles. The molecular formula is C12H15ClN2O5S. The van der Waals surface area contributed by atoms with Crippen LogP contribution < -0.4 is 10.1 Å². The van der Waals surface area contributed by atoms with Crippen molar-refractivity contribution in [2.24, 2.45) is 0 Å². The lowest BCUT2D eigenvalue weighted by Gasteiger charge is -2.32. The van der Waals surface area contributed by atoms with Gasteiger partial charge in [-0.05, 0) is 18.2 Å². The average Bonchev–Trinajstić information content (AvgIpc) is 2.47. The molecule has 0 radical (unpaired) electrons. The Morgan fingerprint density at radius 1 is 1.52 bits per heavy atom. The first-order chi connectivity index (χ1) is 9.87. The Kier molecular flexibility index (Phi) is 4.72. The average molecular weight is 335 g/mol. The molecule has 7 nitrogen and oxygen atoms in total. The summed E-state index contributed by atoms with van der Waals surface area (Å²) < 4.78 is 31.1. The molecule has 2 rings (SSSR count). The minimum atomic E-state index is -3.93. The molecular weight excluding hydrogens is 320 g/mol. The maximum atomic E-state index is 12.6. The molecule has 9 heteroatoms. The van der Waals surface area contributed by atoms with Crippen LogP contribution in [0.25, 0.3) is 0 Å². The van der Waals surface area contributed by atoms with Gasteiger partial charge in [-0.25, -0.2) is 8.42 Å². The predicted molar refractivity (Wildman–Crippen MR) is 76.2 cm³/mol. The fourth-order valence-electron chi connectivity index (χ4n) is 2.13. The van der Waals surface area contributed by atoms with E-state index in [4.69, 9.17) is 21.4 Å². The van der Waals surface area contributed by atoms with E-state index in [0.717, 1.165) is 4.31 Å². The van der Waals surface area contributed by atoms with Crippen LogP contribution in [-0.2, 0) is 14.8 Å². The van der Waals surface area contributed by atoms with E-state index in [1.807, 2.05) is 0 Å². The highest BCUT2D eigenvalue weighted by molar-refractivity contribution is 7.89. The Labute approximate surface area is 127 Å². The third-order valence-corrected chi connectivity index (χ3v) is 5.41. The molecule has 2 N–H and O–H groups in total. The molecule has 116 valence electrons. The molecule has 1 aliphatic heterocycles. The van der Waals surface area contributed by atoms with Crippen molar-refractivity contribution in [3.05, 3.63) is 23.2 Å². The number of hydrogen-bond donors (Lipinski definition) is 2. The smallest absolute Gasteiger partial charge is 0.323 e. The lowest BCUT2D eigenvalue weighted by atomic mass is 10.2. The van der Waals surface area contributed by atoms with Crippen LogP contribution in [0.3, 0.4) is 0 Å². The Balaban J connectivity index is 2.40. The minimum Gasteiger partial charge on any atom is -0.495 e. The zero-order chi connectivity index (χ0) is 15.6. The van der Waals surface area contributed by atoms with Gasteiger partial charge in [-0.15, -0.1) is 0 Å². The maximum absolute atomic E-state index is 12.6. The normalized spacial score (nSPS) is 20.2. The van der Waals surface area contributed by atoms with Gasteiger partial charge in [0.05, 0.1) is 17.0 Å². The molecule has 0 amide bonds. The Morgan fingerprint density at radius 3 is 2.81 bits per heavy atom. The number of carboxylic acids is 1. The van der Waals surface area contributed by atoms with Crippen molar-refractivity contribution in [3.63, 3.8) is 0 Å². The van der Waals surface area contributed by atoms with Crippen molar-refractivity contribution in [3.8, 4) is 5.75 Å². The van der Waals surface area contributed by atoms with Crippen molar-refractivity contribution in [1.29, 1.82) is 0 Å². The number of nitrogens with zero attached hydrogens (tertiary/aromatic N) is 1. The Bertz CT molecular complexity index is 649. The number of aliphatic carboxylic acids is 1. The molecule has 1 atom stereocenters. The van der Waals surface area contributed by atoms with Crippen molar-refractivity contribution >= 4 is 27.6 Å². The number of benzene rings is 1. The number of hydrogen-bond acceptors (Lipinski definition) is 5. The van der Waals surface area contributed by atoms with Crippen LogP contribution in [0.15, 0.2) is 23.1 Å². The zero-order valence-corrected chi connectivity index (χ0v) is 12.8. The van der Waals surface area contributed by atoms with Crippen molar-refractivity contribution < 1.29 is 23.1 Å². The first-order valence-electron chi connectivity index (χ1n) is 6.17. The van der Waals surface area contributed by atoms with Crippen LogP contribution in [-0.4, -0.2) is 56.6 Å². The summed E-state index contributed by atoms with van der Waals surface area (Å²) >= 11 is 5.94. The van der Waals surface area contributed by atoms with Gasteiger partial charge in [0.25, 0.3) is 0 Å². The summed E-state index contributed by atoms with van der Waals surface area (Å²) in [7, 11) is -2.51. The second kappa shape index (κ2) is 6.18. The van der Waals surface area contributed by atoms with Crippen LogP contribution in [0.5, 0.6) is 5.75 Å². The van der Waals surface area contributed by atoms with Crippen molar-refractivity contribution in [2.45, 2.75) is 10.9 Å². The number of rotatable bonds is 4. The molecule has 1 fully saturated rings. The van der Waals surface area contributed by atoms with E-state index in [2.05, 4.69) is 5.32 Å². The largest absolute Gasteiger partial charge is 0.495 e. The summed E-state index contributed by atoms with van der Waals surface area (Å²) in [6, 6.07) is 2.91. The first kappa shape index (κ1) is 16.0. The van der Waals surface area contributed by atoms with Gasteiger partial charge in [0.15, 0.2) is 0 Å². The standard InChI is InChI=1S/C12H15ClN2O5S/c1-20-11-3-2-8(6-9(11)13)21(18,19)15-5-4-14-7-10(15)12(16)17/h2-3,6,10,14H,4-5,7H2,1H3,(H,16,17). The number of methoxy groups -OCH3 is 1. The van der Waals surface area contributed by atoms with Gasteiger partial charge in [-0.1, -0.05) is 11.6 Å². The SMILES string of the molecule is COc1ccc(S(=O)(=O)N2CCNCC2C(=O)O)cc1Cl. The third kappa shape index (κ3) is 3.13. The lowest BCUT2D eigenvalue weighted by molar-refractivity contribution is -0.141. The zero-order valence-electron chi connectivity index (χ0n) is 11.2. The summed E-state index contributed by atoms with van der Waals surface area (Å²) in [6.07, 6.45) is 0. The highest BCUT2D eigenvalue weighted by Crippen LogP contribution is 2.29. The molecule has 0 bridgehead atoms. The van der Waals surface area contributed by atoms with Gasteiger partial charge in [-0.3, -0.25) is 4.79 Å². The molecule has 1 saturated heterocycles. The molecule has 1 aromatic carbocycles. The van der Waals surface area contributed by atoms with Crippen molar-refractivity contribution in [2.75, 3.05) is 26.7 Å². The number of ether oxygens (including phenoxy) is 1. The summed E-state index contributed by atoms with van der Waals surface area (Å²) in [4.78, 5) is 11.2. The van der Waals surface area contributed by atoms with Crippen LogP contribution in [0.4, 0.5) is 0 Å². The van der Waals surface area contributed by atoms with Crippen LogP contribution in [0, 0.1) is 0 Å². The lowest BCUT2D eigenvalue weighted by Crippen LogP contribution is -2.56. The van der Waals surface area contributed by atoms with Crippen LogP contribution in [0.1, 0.15) is 0 Å². The Hall–Kier alpha value is -1.35. The second-order valence-electron chi connectivity index (χ2n) is 4.47. The van der Waals surface area contributed by atoms with E-state index in [0.29, 0.717) is 12.3 Å². The van der Waals surface area contributed by atoms with Gasteiger partial charge >= 0.3 is 5.97 Å². The third-order valence-electron chi connectivity index (χ3n) is 3.21. The van der Waals surface area contributed by atoms with E-state index in [-0.39, 0.29) is 23.0 Å². The number of carboxylic acid groups (broad SMARTS) is 1. The van der Waals surface area contributed by atoms with E-state index in [9.17, 15) is 13.2 Å². The molecule has 1 unspecified atom stereocenters.